The highest BCUT2D eigenvalue weighted by Gasteiger charge is 2.18. The van der Waals surface area contributed by atoms with E-state index in [0.29, 0.717) is 27.7 Å². The molecular weight excluding hydrogens is 466 g/mol. The van der Waals surface area contributed by atoms with Crippen molar-refractivity contribution in [1.29, 1.82) is 0 Å². The molecule has 0 fully saturated rings. The lowest BCUT2D eigenvalue weighted by molar-refractivity contribution is -0.116. The number of halogens is 1. The molecule has 2 N–H and O–H groups in total. The summed E-state index contributed by atoms with van der Waals surface area (Å²) in [5, 5.41) is 5.90. The van der Waals surface area contributed by atoms with Crippen LogP contribution in [0.15, 0.2) is 71.3 Å². The van der Waals surface area contributed by atoms with E-state index in [4.69, 9.17) is 16.0 Å². The Labute approximate surface area is 197 Å². The Morgan fingerprint density at radius 1 is 1.06 bits per heavy atom. The van der Waals surface area contributed by atoms with Crippen molar-refractivity contribution < 1.29 is 22.4 Å². The topological polar surface area (TPSA) is 109 Å². The van der Waals surface area contributed by atoms with Crippen LogP contribution in [0, 0.1) is 0 Å². The molecule has 10 heteroatoms. The standard InChI is InChI=1S/C23H24ClN3O5S/c1-33(30,31)27(18-8-4-7-17(24)15-18)13-5-12-22(28)26-21-11-3-2-10-20(21)23(29)25-16-19-9-6-14-32-19/h2-4,6-11,14-15H,5,12-13,16H2,1H3,(H,25,29)(H,26,28). The molecule has 0 saturated carbocycles. The van der Waals surface area contributed by atoms with Gasteiger partial charge in [-0.2, -0.15) is 0 Å². The third-order valence-corrected chi connectivity index (χ3v) is 6.14. The molecule has 2 aromatic carbocycles. The van der Waals surface area contributed by atoms with Crippen molar-refractivity contribution >= 4 is 44.8 Å². The maximum atomic E-state index is 12.6. The fourth-order valence-corrected chi connectivity index (χ4v) is 4.32. The second kappa shape index (κ2) is 11.0. The van der Waals surface area contributed by atoms with Gasteiger partial charge in [-0.1, -0.05) is 29.8 Å². The molecule has 8 nitrogen and oxygen atoms in total. The Morgan fingerprint density at radius 3 is 2.55 bits per heavy atom. The van der Waals surface area contributed by atoms with E-state index >= 15 is 0 Å². The quantitative estimate of drug-likeness (QED) is 0.446. The minimum atomic E-state index is -3.55. The van der Waals surface area contributed by atoms with E-state index < -0.39 is 10.0 Å². The summed E-state index contributed by atoms with van der Waals surface area (Å²) in [6.45, 7) is 0.330. The van der Waals surface area contributed by atoms with E-state index in [-0.39, 0.29) is 37.7 Å². The highest BCUT2D eigenvalue weighted by Crippen LogP contribution is 2.22. The molecule has 0 unspecified atom stereocenters. The van der Waals surface area contributed by atoms with E-state index in [0.717, 1.165) is 6.26 Å². The van der Waals surface area contributed by atoms with Crippen molar-refractivity contribution in [3.63, 3.8) is 0 Å². The van der Waals surface area contributed by atoms with Crippen molar-refractivity contribution in [2.24, 2.45) is 0 Å². The van der Waals surface area contributed by atoms with Crippen LogP contribution in [-0.2, 0) is 21.4 Å². The minimum Gasteiger partial charge on any atom is -0.467 e. The fourth-order valence-electron chi connectivity index (χ4n) is 3.18. The predicted molar refractivity (Wildman–Crippen MR) is 128 cm³/mol. The molecule has 3 aromatic rings. The average molecular weight is 490 g/mol. The number of para-hydroxylation sites is 1. The summed E-state index contributed by atoms with van der Waals surface area (Å²) in [6, 6.07) is 16.6. The molecule has 2 amide bonds. The van der Waals surface area contributed by atoms with Crippen LogP contribution in [-0.4, -0.2) is 33.0 Å². The minimum absolute atomic E-state index is 0.0644. The second-order valence-electron chi connectivity index (χ2n) is 7.27. The van der Waals surface area contributed by atoms with Crippen LogP contribution in [0.2, 0.25) is 5.02 Å². The van der Waals surface area contributed by atoms with E-state index in [9.17, 15) is 18.0 Å². The number of hydrogen-bond acceptors (Lipinski definition) is 5. The monoisotopic (exact) mass is 489 g/mol. The van der Waals surface area contributed by atoms with Crippen LogP contribution < -0.4 is 14.9 Å². The third kappa shape index (κ3) is 7.10. The van der Waals surface area contributed by atoms with Crippen molar-refractivity contribution in [2.45, 2.75) is 19.4 Å². The summed E-state index contributed by atoms with van der Waals surface area (Å²) in [7, 11) is -3.55. The van der Waals surface area contributed by atoms with Crippen LogP contribution in [0.25, 0.3) is 0 Å². The van der Waals surface area contributed by atoms with E-state index in [1.54, 1.807) is 60.7 Å². The summed E-state index contributed by atoms with van der Waals surface area (Å²) in [5.41, 5.74) is 1.12. The van der Waals surface area contributed by atoms with E-state index in [2.05, 4.69) is 10.6 Å². The number of carbonyl (C=O) groups excluding carboxylic acids is 2. The Hall–Kier alpha value is -3.30. The van der Waals surface area contributed by atoms with Crippen LogP contribution in [0.5, 0.6) is 0 Å². The zero-order valence-corrected chi connectivity index (χ0v) is 19.5. The number of nitrogens with one attached hydrogen (secondary N) is 2. The molecular formula is C23H24ClN3O5S. The van der Waals surface area contributed by atoms with Gasteiger partial charge < -0.3 is 15.1 Å². The normalized spacial score (nSPS) is 11.1. The molecule has 33 heavy (non-hydrogen) atoms. The first-order chi connectivity index (χ1) is 15.7. The third-order valence-electron chi connectivity index (χ3n) is 4.71. The maximum Gasteiger partial charge on any atom is 0.253 e. The first-order valence-corrected chi connectivity index (χ1v) is 12.4. The molecule has 1 aromatic heterocycles. The van der Waals surface area contributed by atoms with Gasteiger partial charge in [0.25, 0.3) is 5.91 Å². The Balaban J connectivity index is 1.59. The zero-order chi connectivity index (χ0) is 23.8. The lowest BCUT2D eigenvalue weighted by atomic mass is 10.1. The molecule has 0 aliphatic carbocycles. The number of nitrogens with zero attached hydrogens (tertiary/aromatic N) is 1. The molecule has 0 spiro atoms. The predicted octanol–water partition coefficient (Wildman–Crippen LogP) is 4.05. The molecule has 0 aliphatic rings. The Bertz CT molecular complexity index is 1210. The number of carbonyl (C=O) groups is 2. The van der Waals surface area contributed by atoms with Gasteiger partial charge in [0.1, 0.15) is 5.76 Å². The second-order valence-corrected chi connectivity index (χ2v) is 9.62. The highest BCUT2D eigenvalue weighted by molar-refractivity contribution is 7.92. The smallest absolute Gasteiger partial charge is 0.253 e. The Morgan fingerprint density at radius 2 is 1.85 bits per heavy atom. The fraction of sp³-hybridized carbons (Fsp3) is 0.217. The number of sulfonamides is 1. The highest BCUT2D eigenvalue weighted by atomic mass is 35.5. The van der Waals surface area contributed by atoms with Gasteiger partial charge >= 0.3 is 0 Å². The molecule has 174 valence electrons. The average Bonchev–Trinajstić information content (AvgIpc) is 3.28. The number of anilines is 2. The van der Waals surface area contributed by atoms with E-state index in [1.165, 1.54) is 10.6 Å². The summed E-state index contributed by atoms with van der Waals surface area (Å²) in [6.07, 6.45) is 2.96. The van der Waals surface area contributed by atoms with Crippen LogP contribution >= 0.6 is 11.6 Å². The number of amides is 2. The first kappa shape index (κ1) is 24.3. The number of furan rings is 1. The molecule has 0 aliphatic heterocycles. The van der Waals surface area contributed by atoms with Gasteiger partial charge in [-0.05, 0) is 48.9 Å². The zero-order valence-electron chi connectivity index (χ0n) is 18.0. The summed E-state index contributed by atoms with van der Waals surface area (Å²) in [5.74, 6) is -0.0765. The van der Waals surface area contributed by atoms with Crippen molar-refractivity contribution in [3.05, 3.63) is 83.3 Å². The molecule has 0 bridgehead atoms. The first-order valence-electron chi connectivity index (χ1n) is 10.2. The van der Waals surface area contributed by atoms with Gasteiger partial charge in [0.15, 0.2) is 0 Å². The van der Waals surface area contributed by atoms with E-state index in [1.807, 2.05) is 0 Å². The molecule has 1 heterocycles. The van der Waals surface area contributed by atoms with Gasteiger partial charge in [0.05, 0.1) is 36.0 Å². The SMILES string of the molecule is CS(=O)(=O)N(CCCC(=O)Nc1ccccc1C(=O)NCc1ccco1)c1cccc(Cl)c1. The summed E-state index contributed by atoms with van der Waals surface area (Å²) >= 11 is 5.98. The number of hydrogen-bond donors (Lipinski definition) is 2. The molecule has 3 rings (SSSR count). The van der Waals surface area contributed by atoms with Gasteiger partial charge in [0.2, 0.25) is 15.9 Å². The maximum absolute atomic E-state index is 12.6. The van der Waals surface area contributed by atoms with Gasteiger partial charge in [-0.15, -0.1) is 0 Å². The van der Waals surface area contributed by atoms with Gasteiger partial charge in [0, 0.05) is 18.0 Å². The number of benzene rings is 2. The van der Waals surface area contributed by atoms with Crippen LogP contribution in [0.4, 0.5) is 11.4 Å². The summed E-state index contributed by atoms with van der Waals surface area (Å²) in [4.78, 5) is 25.1. The molecule has 0 saturated heterocycles. The van der Waals surface area contributed by atoms with Crippen molar-refractivity contribution in [1.82, 2.24) is 5.32 Å². The largest absolute Gasteiger partial charge is 0.467 e. The molecule has 0 radical (unpaired) electrons. The summed E-state index contributed by atoms with van der Waals surface area (Å²) < 4.78 is 30.8. The van der Waals surface area contributed by atoms with Gasteiger partial charge in [-0.3, -0.25) is 13.9 Å². The van der Waals surface area contributed by atoms with Crippen molar-refractivity contribution in [2.75, 3.05) is 22.4 Å². The van der Waals surface area contributed by atoms with Gasteiger partial charge in [-0.25, -0.2) is 8.42 Å². The lowest BCUT2D eigenvalue weighted by Gasteiger charge is -2.22. The lowest BCUT2D eigenvalue weighted by Crippen LogP contribution is -2.31. The van der Waals surface area contributed by atoms with Crippen LogP contribution in [0.1, 0.15) is 29.0 Å². The van der Waals surface area contributed by atoms with Crippen LogP contribution in [0.3, 0.4) is 0 Å². The Kier molecular flexibility index (Phi) is 8.13. The van der Waals surface area contributed by atoms with Crippen molar-refractivity contribution in [3.8, 4) is 0 Å². The molecule has 0 atom stereocenters. The number of rotatable bonds is 10.